The van der Waals surface area contributed by atoms with Crippen LogP contribution in [0.15, 0.2) is 23.7 Å². The van der Waals surface area contributed by atoms with Gasteiger partial charge in [-0.15, -0.1) is 22.7 Å². The largest absolute Gasteiger partial charge is 0.348 e. The minimum Gasteiger partial charge on any atom is -0.348 e. The number of aromatic nitrogens is 1. The summed E-state index contributed by atoms with van der Waals surface area (Å²) in [5.74, 6) is -0.0644. The third-order valence-corrected chi connectivity index (χ3v) is 7.55. The van der Waals surface area contributed by atoms with Crippen LogP contribution >= 0.6 is 22.7 Å². The highest BCUT2D eigenvalue weighted by Crippen LogP contribution is 2.29. The van der Waals surface area contributed by atoms with Gasteiger partial charge in [-0.05, 0) is 37.1 Å². The lowest BCUT2D eigenvalue weighted by Crippen LogP contribution is -2.51. The van der Waals surface area contributed by atoms with E-state index in [1.54, 1.807) is 17.5 Å². The molecule has 6 nitrogen and oxygen atoms in total. The van der Waals surface area contributed by atoms with Gasteiger partial charge in [-0.2, -0.15) is 0 Å². The number of thiazole rings is 1. The molecule has 8 heteroatoms. The van der Waals surface area contributed by atoms with Crippen molar-refractivity contribution in [2.24, 2.45) is 0 Å². The van der Waals surface area contributed by atoms with Gasteiger partial charge in [-0.25, -0.2) is 9.78 Å². The predicted molar refractivity (Wildman–Crippen MR) is 113 cm³/mol. The van der Waals surface area contributed by atoms with Crippen molar-refractivity contribution in [2.75, 3.05) is 13.1 Å². The van der Waals surface area contributed by atoms with E-state index in [-0.39, 0.29) is 18.0 Å². The highest BCUT2D eigenvalue weighted by atomic mass is 32.1. The van der Waals surface area contributed by atoms with Gasteiger partial charge in [0.2, 0.25) is 0 Å². The summed E-state index contributed by atoms with van der Waals surface area (Å²) in [5.41, 5.74) is 0. The van der Waals surface area contributed by atoms with Crippen LogP contribution in [0.25, 0.3) is 9.88 Å². The molecule has 0 aromatic carbocycles. The van der Waals surface area contributed by atoms with E-state index in [0.717, 1.165) is 35.6 Å². The number of hydrogen-bond donors (Lipinski definition) is 2. The zero-order valence-electron chi connectivity index (χ0n) is 15.9. The van der Waals surface area contributed by atoms with Crippen molar-refractivity contribution < 1.29 is 9.59 Å². The maximum Gasteiger partial charge on any atom is 0.317 e. The van der Waals surface area contributed by atoms with E-state index >= 15 is 0 Å². The Hall–Kier alpha value is -1.93. The number of thiophene rings is 1. The second kappa shape index (κ2) is 9.05. The molecule has 3 heterocycles. The average molecular weight is 419 g/mol. The fourth-order valence-corrected chi connectivity index (χ4v) is 5.51. The zero-order valence-corrected chi connectivity index (χ0v) is 17.5. The van der Waals surface area contributed by atoms with Crippen molar-refractivity contribution in [2.45, 2.75) is 57.0 Å². The van der Waals surface area contributed by atoms with Gasteiger partial charge in [0.05, 0.1) is 11.1 Å². The number of rotatable bonds is 4. The molecular formula is C20H26N4O2S2. The third kappa shape index (κ3) is 4.72. The molecule has 3 amide bonds. The predicted octanol–water partition coefficient (Wildman–Crippen LogP) is 4.11. The normalized spacial score (nSPS) is 18.8. The van der Waals surface area contributed by atoms with E-state index in [1.807, 2.05) is 22.4 Å². The Kier molecular flexibility index (Phi) is 6.26. The smallest absolute Gasteiger partial charge is 0.317 e. The van der Waals surface area contributed by atoms with Crippen LogP contribution in [0.5, 0.6) is 0 Å². The number of carbonyl (C=O) groups is 2. The van der Waals surface area contributed by atoms with Crippen molar-refractivity contribution in [1.82, 2.24) is 20.5 Å². The van der Waals surface area contributed by atoms with Crippen LogP contribution in [0.2, 0.25) is 0 Å². The molecule has 4 rings (SSSR count). The Morgan fingerprint density at radius 1 is 1.04 bits per heavy atom. The number of nitrogens with zero attached hydrogens (tertiary/aromatic N) is 2. The van der Waals surface area contributed by atoms with E-state index in [9.17, 15) is 9.59 Å². The summed E-state index contributed by atoms with van der Waals surface area (Å²) in [6.07, 6.45) is 9.14. The number of likely N-dealkylation sites (tertiary alicyclic amines) is 1. The van der Waals surface area contributed by atoms with Gasteiger partial charge in [0.25, 0.3) is 5.91 Å². The summed E-state index contributed by atoms with van der Waals surface area (Å²) in [7, 11) is 0. The van der Waals surface area contributed by atoms with E-state index < -0.39 is 0 Å². The molecule has 2 aromatic heterocycles. The van der Waals surface area contributed by atoms with Gasteiger partial charge in [0, 0.05) is 25.2 Å². The number of hydrogen-bond acceptors (Lipinski definition) is 5. The van der Waals surface area contributed by atoms with Crippen LogP contribution in [0, 0.1) is 0 Å². The quantitative estimate of drug-likeness (QED) is 0.785. The van der Waals surface area contributed by atoms with Gasteiger partial charge < -0.3 is 15.5 Å². The molecule has 1 aliphatic carbocycles. The molecule has 0 spiro atoms. The lowest BCUT2D eigenvalue weighted by Gasteiger charge is -2.34. The van der Waals surface area contributed by atoms with Crippen LogP contribution in [-0.4, -0.2) is 47.0 Å². The first-order chi connectivity index (χ1) is 13.7. The summed E-state index contributed by atoms with van der Waals surface area (Å²) in [5, 5.41) is 9.18. The molecule has 150 valence electrons. The maximum absolute atomic E-state index is 12.5. The minimum absolute atomic E-state index is 0.0553. The molecule has 2 aromatic rings. The van der Waals surface area contributed by atoms with Gasteiger partial charge in [0.1, 0.15) is 9.88 Å². The van der Waals surface area contributed by atoms with Crippen molar-refractivity contribution in [1.29, 1.82) is 0 Å². The monoisotopic (exact) mass is 418 g/mol. The second-order valence-corrected chi connectivity index (χ2v) is 9.50. The SMILES string of the molecule is O=C(NC1CCN(C(=O)NC2CCCCC2)CC1)c1cnc(-c2cccs2)s1. The molecule has 1 saturated carbocycles. The highest BCUT2D eigenvalue weighted by molar-refractivity contribution is 7.21. The molecule has 1 saturated heterocycles. The van der Waals surface area contributed by atoms with Gasteiger partial charge in [-0.3, -0.25) is 4.79 Å². The van der Waals surface area contributed by atoms with Crippen LogP contribution in [-0.2, 0) is 0 Å². The first kappa shape index (κ1) is 19.4. The Morgan fingerprint density at radius 3 is 2.50 bits per heavy atom. The van der Waals surface area contributed by atoms with Gasteiger partial charge >= 0.3 is 6.03 Å². The fourth-order valence-electron chi connectivity index (χ4n) is 3.89. The highest BCUT2D eigenvalue weighted by Gasteiger charge is 2.26. The summed E-state index contributed by atoms with van der Waals surface area (Å²) in [4.78, 5) is 33.0. The lowest BCUT2D eigenvalue weighted by atomic mass is 9.95. The summed E-state index contributed by atoms with van der Waals surface area (Å²) in [6.45, 7) is 1.37. The van der Waals surface area contributed by atoms with Crippen molar-refractivity contribution in [3.8, 4) is 9.88 Å². The molecule has 0 unspecified atom stereocenters. The molecule has 0 bridgehead atoms. The Labute approximate surface area is 173 Å². The molecule has 0 radical (unpaired) electrons. The maximum atomic E-state index is 12.5. The summed E-state index contributed by atoms with van der Waals surface area (Å²) < 4.78 is 0. The average Bonchev–Trinajstić information content (AvgIpc) is 3.41. The molecule has 2 fully saturated rings. The summed E-state index contributed by atoms with van der Waals surface area (Å²) in [6, 6.07) is 4.50. The lowest BCUT2D eigenvalue weighted by molar-refractivity contribution is 0.0921. The van der Waals surface area contributed by atoms with E-state index in [0.29, 0.717) is 24.0 Å². The molecule has 28 heavy (non-hydrogen) atoms. The topological polar surface area (TPSA) is 74.3 Å². The first-order valence-electron chi connectivity index (χ1n) is 10.0. The fraction of sp³-hybridized carbons (Fsp3) is 0.550. The Balaban J connectivity index is 1.24. The van der Waals surface area contributed by atoms with Crippen LogP contribution in [0.3, 0.4) is 0 Å². The van der Waals surface area contributed by atoms with Crippen molar-refractivity contribution >= 4 is 34.6 Å². The van der Waals surface area contributed by atoms with E-state index in [1.165, 1.54) is 30.6 Å². The number of nitrogens with one attached hydrogen (secondary N) is 2. The number of piperidine rings is 1. The standard InChI is InChI=1S/C20H26N4O2S2/c25-18(17-13-21-19(28-17)16-7-4-12-27-16)22-15-8-10-24(11-9-15)20(26)23-14-5-2-1-3-6-14/h4,7,12-15H,1-3,5-6,8-11H2,(H,22,25)(H,23,26). The van der Waals surface area contributed by atoms with E-state index in [2.05, 4.69) is 15.6 Å². The Morgan fingerprint density at radius 2 is 1.79 bits per heavy atom. The third-order valence-electron chi connectivity index (χ3n) is 5.51. The molecular weight excluding hydrogens is 392 g/mol. The van der Waals surface area contributed by atoms with Crippen LogP contribution < -0.4 is 10.6 Å². The van der Waals surface area contributed by atoms with Gasteiger partial charge in [0.15, 0.2) is 0 Å². The second-order valence-electron chi connectivity index (χ2n) is 7.53. The first-order valence-corrected chi connectivity index (χ1v) is 11.7. The number of carbonyl (C=O) groups excluding carboxylic acids is 2. The van der Waals surface area contributed by atoms with Crippen LogP contribution in [0.1, 0.15) is 54.6 Å². The molecule has 1 aliphatic heterocycles. The molecule has 0 atom stereocenters. The Bertz CT molecular complexity index is 791. The number of urea groups is 1. The van der Waals surface area contributed by atoms with Crippen molar-refractivity contribution in [3.05, 3.63) is 28.6 Å². The number of amides is 3. The zero-order chi connectivity index (χ0) is 19.3. The summed E-state index contributed by atoms with van der Waals surface area (Å²) >= 11 is 3.05. The van der Waals surface area contributed by atoms with Gasteiger partial charge in [-0.1, -0.05) is 25.3 Å². The van der Waals surface area contributed by atoms with Crippen molar-refractivity contribution in [3.63, 3.8) is 0 Å². The van der Waals surface area contributed by atoms with Crippen LogP contribution in [0.4, 0.5) is 4.79 Å². The molecule has 2 N–H and O–H groups in total. The molecule has 2 aliphatic rings. The minimum atomic E-state index is -0.0644. The van der Waals surface area contributed by atoms with E-state index in [4.69, 9.17) is 0 Å².